The molecule has 3 aromatic rings. The van der Waals surface area contributed by atoms with E-state index in [4.69, 9.17) is 4.74 Å². The van der Waals surface area contributed by atoms with E-state index in [-0.39, 0.29) is 33.6 Å². The molecule has 0 N–H and O–H groups in total. The van der Waals surface area contributed by atoms with Crippen molar-refractivity contribution in [3.8, 4) is 11.5 Å². The quantitative estimate of drug-likeness (QED) is 0.580. The molecule has 5 rings (SSSR count). The van der Waals surface area contributed by atoms with Crippen LogP contribution in [0.5, 0.6) is 11.5 Å². The number of rotatable bonds is 4. The first-order valence-electron chi connectivity index (χ1n) is 9.36. The number of benzene rings is 3. The summed E-state index contributed by atoms with van der Waals surface area (Å²) in [6.07, 6.45) is 0. The molecule has 0 spiro atoms. The van der Waals surface area contributed by atoms with Crippen molar-refractivity contribution in [1.29, 1.82) is 0 Å². The Labute approximate surface area is 180 Å². The van der Waals surface area contributed by atoms with Gasteiger partial charge in [0.25, 0.3) is 23.6 Å². The molecule has 0 saturated heterocycles. The predicted molar refractivity (Wildman–Crippen MR) is 105 cm³/mol. The Bertz CT molecular complexity index is 1330. The van der Waals surface area contributed by atoms with Crippen molar-refractivity contribution in [2.24, 2.45) is 0 Å². The SMILES string of the molecule is O=C([O-])c1ccc(Oc2ccc3c(c2)C(=O)N(N2C(=O)c4ccccc4C2=O)C3=O)cc1. The zero-order valence-corrected chi connectivity index (χ0v) is 16.1. The van der Waals surface area contributed by atoms with Crippen LogP contribution in [0.2, 0.25) is 0 Å². The third-order valence-electron chi connectivity index (χ3n) is 5.13. The van der Waals surface area contributed by atoms with Gasteiger partial charge in [0.05, 0.1) is 28.2 Å². The number of nitrogens with zero attached hydrogens (tertiary/aromatic N) is 2. The number of carboxylic acids is 1. The standard InChI is InChI=1S/C23H12N2O7/c26-19-15-3-1-2-4-16(15)20(27)24(19)25-21(28)17-10-9-14(11-18(17)22(25)29)32-13-7-5-12(6-8-13)23(30)31/h1-11H,(H,30,31)/p-1. The van der Waals surface area contributed by atoms with E-state index in [1.807, 2.05) is 0 Å². The Morgan fingerprint density at radius 1 is 0.625 bits per heavy atom. The van der Waals surface area contributed by atoms with Crippen LogP contribution < -0.4 is 9.84 Å². The molecular weight excluding hydrogens is 416 g/mol. The summed E-state index contributed by atoms with van der Waals surface area (Å²) in [5.74, 6) is -3.98. The van der Waals surface area contributed by atoms with Crippen molar-refractivity contribution < 1.29 is 33.8 Å². The minimum atomic E-state index is -1.33. The monoisotopic (exact) mass is 427 g/mol. The van der Waals surface area contributed by atoms with Crippen LogP contribution in [0.1, 0.15) is 51.8 Å². The van der Waals surface area contributed by atoms with E-state index in [9.17, 15) is 29.1 Å². The molecule has 2 heterocycles. The van der Waals surface area contributed by atoms with Gasteiger partial charge in [-0.3, -0.25) is 19.2 Å². The summed E-state index contributed by atoms with van der Waals surface area (Å²) in [4.78, 5) is 62.1. The second-order valence-electron chi connectivity index (χ2n) is 7.01. The highest BCUT2D eigenvalue weighted by Gasteiger charge is 2.48. The van der Waals surface area contributed by atoms with Gasteiger partial charge in [-0.2, -0.15) is 10.0 Å². The summed E-state index contributed by atoms with van der Waals surface area (Å²) in [6, 6.07) is 15.6. The smallest absolute Gasteiger partial charge is 0.281 e. The number of imide groups is 2. The molecule has 0 atom stereocenters. The molecule has 156 valence electrons. The number of amides is 4. The fraction of sp³-hybridized carbons (Fsp3) is 0. The van der Waals surface area contributed by atoms with E-state index in [1.54, 1.807) is 12.1 Å². The Kier molecular flexibility index (Phi) is 4.13. The van der Waals surface area contributed by atoms with Crippen molar-refractivity contribution in [3.05, 3.63) is 94.5 Å². The van der Waals surface area contributed by atoms with Crippen molar-refractivity contribution in [2.45, 2.75) is 0 Å². The second kappa shape index (κ2) is 6.88. The number of carbonyl (C=O) groups is 5. The molecule has 9 nitrogen and oxygen atoms in total. The van der Waals surface area contributed by atoms with E-state index >= 15 is 0 Å². The van der Waals surface area contributed by atoms with E-state index in [1.165, 1.54) is 54.6 Å². The highest BCUT2D eigenvalue weighted by atomic mass is 16.5. The minimum absolute atomic E-state index is 0.0196. The maximum Gasteiger partial charge on any atom is 0.281 e. The van der Waals surface area contributed by atoms with E-state index in [0.29, 0.717) is 15.8 Å². The molecule has 2 aliphatic heterocycles. The molecule has 0 bridgehead atoms. The van der Waals surface area contributed by atoms with Gasteiger partial charge in [0.1, 0.15) is 11.5 Å². The van der Waals surface area contributed by atoms with Crippen LogP contribution >= 0.6 is 0 Å². The molecular formula is C23H11N2O7-. The zero-order valence-electron chi connectivity index (χ0n) is 16.1. The number of hydrazine groups is 1. The first-order chi connectivity index (χ1) is 15.4. The number of hydrogen-bond donors (Lipinski definition) is 0. The molecule has 0 fully saturated rings. The summed E-state index contributed by atoms with van der Waals surface area (Å²) < 4.78 is 5.63. The van der Waals surface area contributed by atoms with Gasteiger partial charge in [-0.05, 0) is 60.2 Å². The summed E-state index contributed by atoms with van der Waals surface area (Å²) in [5.41, 5.74) is 0.182. The van der Waals surface area contributed by atoms with Crippen LogP contribution in [0.4, 0.5) is 0 Å². The van der Waals surface area contributed by atoms with Gasteiger partial charge in [-0.15, -0.1) is 0 Å². The van der Waals surface area contributed by atoms with Crippen molar-refractivity contribution >= 4 is 29.6 Å². The van der Waals surface area contributed by atoms with Gasteiger partial charge >= 0.3 is 0 Å². The molecule has 4 amide bonds. The Balaban J connectivity index is 1.44. The number of ether oxygens (including phenoxy) is 1. The van der Waals surface area contributed by atoms with Crippen molar-refractivity contribution in [3.63, 3.8) is 0 Å². The zero-order chi connectivity index (χ0) is 22.6. The third kappa shape index (κ3) is 2.76. The summed E-state index contributed by atoms with van der Waals surface area (Å²) >= 11 is 0. The number of fused-ring (bicyclic) bond motifs is 2. The number of aromatic carboxylic acids is 1. The maximum absolute atomic E-state index is 13.0. The lowest BCUT2D eigenvalue weighted by molar-refractivity contribution is -0.255. The van der Waals surface area contributed by atoms with Crippen LogP contribution in [0.3, 0.4) is 0 Å². The van der Waals surface area contributed by atoms with Crippen LogP contribution in [-0.4, -0.2) is 39.6 Å². The highest BCUT2D eigenvalue weighted by Crippen LogP contribution is 2.33. The maximum atomic E-state index is 13.0. The minimum Gasteiger partial charge on any atom is -0.545 e. The van der Waals surface area contributed by atoms with Crippen molar-refractivity contribution in [2.75, 3.05) is 0 Å². The Morgan fingerprint density at radius 3 is 1.62 bits per heavy atom. The third-order valence-corrected chi connectivity index (χ3v) is 5.13. The topological polar surface area (TPSA) is 124 Å². The summed E-state index contributed by atoms with van der Waals surface area (Å²) in [6.45, 7) is 0. The predicted octanol–water partition coefficient (Wildman–Crippen LogP) is 1.65. The van der Waals surface area contributed by atoms with Crippen LogP contribution in [0.25, 0.3) is 0 Å². The first-order valence-corrected chi connectivity index (χ1v) is 9.36. The average molecular weight is 427 g/mol. The fourth-order valence-electron chi connectivity index (χ4n) is 3.61. The molecule has 0 aromatic heterocycles. The second-order valence-corrected chi connectivity index (χ2v) is 7.01. The molecule has 0 saturated carbocycles. The van der Waals surface area contributed by atoms with Gasteiger partial charge in [0.15, 0.2) is 0 Å². The van der Waals surface area contributed by atoms with E-state index in [0.717, 1.165) is 0 Å². The van der Waals surface area contributed by atoms with E-state index in [2.05, 4.69) is 0 Å². The van der Waals surface area contributed by atoms with Crippen LogP contribution in [0.15, 0.2) is 66.7 Å². The molecule has 3 aromatic carbocycles. The number of carbonyl (C=O) groups excluding carboxylic acids is 5. The normalized spacial score (nSPS) is 14.6. The highest BCUT2D eigenvalue weighted by molar-refractivity contribution is 6.28. The Hall–Kier alpha value is -4.79. The van der Waals surface area contributed by atoms with Crippen molar-refractivity contribution in [1.82, 2.24) is 10.0 Å². The average Bonchev–Trinajstić information content (AvgIpc) is 3.18. The molecule has 2 aliphatic rings. The summed E-state index contributed by atoms with van der Waals surface area (Å²) in [7, 11) is 0. The first kappa shape index (κ1) is 19.2. The molecule has 0 aliphatic carbocycles. The fourth-order valence-corrected chi connectivity index (χ4v) is 3.61. The lowest BCUT2D eigenvalue weighted by Gasteiger charge is -2.23. The molecule has 0 unspecified atom stereocenters. The molecule has 9 heteroatoms. The van der Waals surface area contributed by atoms with Gasteiger partial charge in [-0.1, -0.05) is 12.1 Å². The largest absolute Gasteiger partial charge is 0.545 e. The van der Waals surface area contributed by atoms with Crippen LogP contribution in [0, 0.1) is 0 Å². The molecule has 32 heavy (non-hydrogen) atoms. The number of hydrogen-bond acceptors (Lipinski definition) is 7. The number of carboxylic acid groups (broad SMARTS) is 1. The van der Waals surface area contributed by atoms with Crippen LogP contribution in [-0.2, 0) is 0 Å². The van der Waals surface area contributed by atoms with Gasteiger partial charge in [0, 0.05) is 0 Å². The molecule has 0 radical (unpaired) electrons. The van der Waals surface area contributed by atoms with E-state index < -0.39 is 29.6 Å². The lowest BCUT2D eigenvalue weighted by Crippen LogP contribution is -2.49. The van der Waals surface area contributed by atoms with Gasteiger partial charge < -0.3 is 14.6 Å². The lowest BCUT2D eigenvalue weighted by atomic mass is 10.1. The Morgan fingerprint density at radius 2 is 1.09 bits per heavy atom. The van der Waals surface area contributed by atoms with Gasteiger partial charge in [-0.25, -0.2) is 0 Å². The van der Waals surface area contributed by atoms with Gasteiger partial charge in [0.2, 0.25) is 0 Å². The summed E-state index contributed by atoms with van der Waals surface area (Å²) in [5, 5.41) is 11.9.